The quantitative estimate of drug-likeness (QED) is 0.655. The molecule has 2 heteroatoms. The molecule has 0 spiro atoms. The van der Waals surface area contributed by atoms with Gasteiger partial charge in [0, 0.05) is 0 Å². The van der Waals surface area contributed by atoms with Crippen molar-refractivity contribution in [1.82, 2.24) is 0 Å². The Morgan fingerprint density at radius 1 is 1.00 bits per heavy atom. The number of hydrogen-bond donors (Lipinski definition) is 0. The molecule has 1 rings (SSSR count). The maximum absolute atomic E-state index is 12.7. The van der Waals surface area contributed by atoms with Gasteiger partial charge in [-0.2, -0.15) is 0 Å². The normalized spacial score (nSPS) is 32.8. The molecule has 0 bridgehead atoms. The molecule has 3 atom stereocenters. The van der Waals surface area contributed by atoms with Crippen molar-refractivity contribution in [2.45, 2.75) is 66.6 Å². The van der Waals surface area contributed by atoms with Gasteiger partial charge in [-0.05, 0) is 29.6 Å². The highest BCUT2D eigenvalue weighted by molar-refractivity contribution is 4.92. The van der Waals surface area contributed by atoms with E-state index in [4.69, 9.17) is 4.74 Å². The molecule has 96 valence electrons. The minimum atomic E-state index is -0.344. The van der Waals surface area contributed by atoms with E-state index in [1.807, 2.05) is 0 Å². The van der Waals surface area contributed by atoms with Crippen LogP contribution >= 0.6 is 0 Å². The molecule has 1 fully saturated rings. The fourth-order valence-corrected chi connectivity index (χ4v) is 2.70. The Hall–Kier alpha value is -0.110. The van der Waals surface area contributed by atoms with Crippen LogP contribution in [0.2, 0.25) is 0 Å². The molecule has 1 saturated heterocycles. The maximum atomic E-state index is 12.7. The zero-order valence-corrected chi connectivity index (χ0v) is 11.6. The van der Waals surface area contributed by atoms with Crippen LogP contribution in [-0.4, -0.2) is 18.9 Å². The maximum Gasteiger partial charge on any atom is 0.116 e. The molecule has 1 aliphatic heterocycles. The Morgan fingerprint density at radius 2 is 1.56 bits per heavy atom. The number of hydrogen-bond acceptors (Lipinski definition) is 1. The molecule has 1 heterocycles. The summed E-state index contributed by atoms with van der Waals surface area (Å²) in [5.41, 5.74) is 0.324. The summed E-state index contributed by atoms with van der Waals surface area (Å²) in [6.45, 7) is 13.0. The Labute approximate surface area is 99.8 Å². The molecule has 0 N–H and O–H groups in total. The summed E-state index contributed by atoms with van der Waals surface area (Å²) < 4.78 is 18.7. The van der Waals surface area contributed by atoms with Crippen LogP contribution in [0.1, 0.15) is 54.4 Å². The van der Waals surface area contributed by atoms with E-state index in [-0.39, 0.29) is 29.7 Å². The zero-order chi connectivity index (χ0) is 12.6. The van der Waals surface area contributed by atoms with Gasteiger partial charge in [0.05, 0.1) is 12.2 Å². The van der Waals surface area contributed by atoms with Crippen molar-refractivity contribution in [1.29, 1.82) is 0 Å². The largest absolute Gasteiger partial charge is 0.371 e. The lowest BCUT2D eigenvalue weighted by Gasteiger charge is -2.48. The van der Waals surface area contributed by atoms with Gasteiger partial charge in [-0.25, -0.2) is 4.39 Å². The van der Waals surface area contributed by atoms with Crippen molar-refractivity contribution in [3.8, 4) is 0 Å². The van der Waals surface area contributed by atoms with E-state index in [2.05, 4.69) is 41.5 Å². The smallest absolute Gasteiger partial charge is 0.116 e. The number of halogens is 1. The minimum Gasteiger partial charge on any atom is -0.371 e. The Balaban J connectivity index is 2.85. The van der Waals surface area contributed by atoms with Crippen molar-refractivity contribution in [3.05, 3.63) is 0 Å². The third kappa shape index (κ3) is 3.19. The Morgan fingerprint density at radius 3 is 1.94 bits per heavy atom. The van der Waals surface area contributed by atoms with Gasteiger partial charge >= 0.3 is 0 Å². The van der Waals surface area contributed by atoms with Gasteiger partial charge in [-0.3, -0.25) is 0 Å². The van der Waals surface area contributed by atoms with E-state index >= 15 is 0 Å². The first-order chi connectivity index (χ1) is 7.16. The summed E-state index contributed by atoms with van der Waals surface area (Å²) in [6.07, 6.45) is 1.94. The molecule has 1 aliphatic rings. The minimum absolute atomic E-state index is 0.0891. The van der Waals surface area contributed by atoms with Crippen LogP contribution in [0.15, 0.2) is 0 Å². The number of ether oxygens (including phenoxy) is 1. The van der Waals surface area contributed by atoms with Crippen molar-refractivity contribution >= 4 is 0 Å². The molecular weight excluding hydrogens is 203 g/mol. The molecule has 0 radical (unpaired) electrons. The van der Waals surface area contributed by atoms with Gasteiger partial charge in [0.1, 0.15) is 6.67 Å². The Bertz CT molecular complexity index is 224. The van der Waals surface area contributed by atoms with Crippen LogP contribution in [0.3, 0.4) is 0 Å². The van der Waals surface area contributed by atoms with Gasteiger partial charge < -0.3 is 4.74 Å². The SMILES string of the molecule is CC(C)(C)C1OC(CF)CC[C@@H]1C(C)(C)C. The molecule has 2 unspecified atom stereocenters. The average Bonchev–Trinajstić information content (AvgIpc) is 2.14. The molecule has 0 amide bonds. The molecule has 0 aromatic rings. The number of alkyl halides is 1. The van der Waals surface area contributed by atoms with Crippen LogP contribution < -0.4 is 0 Å². The lowest BCUT2D eigenvalue weighted by atomic mass is 9.66. The predicted octanol–water partition coefficient (Wildman–Crippen LogP) is 4.21. The topological polar surface area (TPSA) is 9.23 Å². The first-order valence-corrected chi connectivity index (χ1v) is 6.37. The van der Waals surface area contributed by atoms with Gasteiger partial charge in [-0.15, -0.1) is 0 Å². The highest BCUT2D eigenvalue weighted by Gasteiger charge is 2.43. The summed E-state index contributed by atoms with van der Waals surface area (Å²) >= 11 is 0. The van der Waals surface area contributed by atoms with Gasteiger partial charge in [-0.1, -0.05) is 41.5 Å². The van der Waals surface area contributed by atoms with Crippen LogP contribution in [-0.2, 0) is 4.74 Å². The Kier molecular flexibility index (Phi) is 4.04. The standard InChI is InChI=1S/C14H27FO/c1-13(2,3)11-8-7-10(9-15)16-12(11)14(4,5)6/h10-12H,7-9H2,1-6H3/t10?,11-,12?/m0/s1. The molecular formula is C14H27FO. The van der Waals surface area contributed by atoms with Gasteiger partial charge in [0.15, 0.2) is 0 Å². The number of rotatable bonds is 1. The summed E-state index contributed by atoms with van der Waals surface area (Å²) in [5, 5.41) is 0. The summed E-state index contributed by atoms with van der Waals surface area (Å²) in [5.74, 6) is 0.523. The van der Waals surface area contributed by atoms with Crippen molar-refractivity contribution in [3.63, 3.8) is 0 Å². The molecule has 0 aromatic heterocycles. The third-order valence-corrected chi connectivity index (χ3v) is 3.64. The van der Waals surface area contributed by atoms with Gasteiger partial charge in [0.25, 0.3) is 0 Å². The van der Waals surface area contributed by atoms with E-state index in [1.165, 1.54) is 0 Å². The monoisotopic (exact) mass is 230 g/mol. The fourth-order valence-electron chi connectivity index (χ4n) is 2.70. The lowest BCUT2D eigenvalue weighted by molar-refractivity contribution is -0.158. The second-order valence-corrected chi connectivity index (χ2v) is 7.25. The lowest BCUT2D eigenvalue weighted by Crippen LogP contribution is -2.48. The van der Waals surface area contributed by atoms with E-state index in [9.17, 15) is 4.39 Å². The molecule has 1 nitrogen and oxygen atoms in total. The summed E-state index contributed by atoms with van der Waals surface area (Å²) in [7, 11) is 0. The van der Waals surface area contributed by atoms with Gasteiger partial charge in [0.2, 0.25) is 0 Å². The fraction of sp³-hybridized carbons (Fsp3) is 1.00. The van der Waals surface area contributed by atoms with Crippen molar-refractivity contribution < 1.29 is 9.13 Å². The molecule has 0 aromatic carbocycles. The van der Waals surface area contributed by atoms with Crippen molar-refractivity contribution in [2.75, 3.05) is 6.67 Å². The highest BCUT2D eigenvalue weighted by Crippen LogP contribution is 2.44. The second kappa shape index (κ2) is 4.64. The molecule has 0 saturated carbocycles. The van der Waals surface area contributed by atoms with E-state index in [0.29, 0.717) is 5.92 Å². The van der Waals surface area contributed by atoms with E-state index in [0.717, 1.165) is 12.8 Å². The van der Waals surface area contributed by atoms with Crippen LogP contribution in [0, 0.1) is 16.7 Å². The van der Waals surface area contributed by atoms with Crippen LogP contribution in [0.5, 0.6) is 0 Å². The van der Waals surface area contributed by atoms with Crippen molar-refractivity contribution in [2.24, 2.45) is 16.7 Å². The average molecular weight is 230 g/mol. The zero-order valence-electron chi connectivity index (χ0n) is 11.6. The first kappa shape index (κ1) is 14.0. The molecule has 16 heavy (non-hydrogen) atoms. The van der Waals surface area contributed by atoms with Crippen LogP contribution in [0.4, 0.5) is 4.39 Å². The third-order valence-electron chi connectivity index (χ3n) is 3.64. The summed E-state index contributed by atoms with van der Waals surface area (Å²) in [6, 6.07) is 0. The predicted molar refractivity (Wildman–Crippen MR) is 66.3 cm³/mol. The van der Waals surface area contributed by atoms with E-state index < -0.39 is 0 Å². The first-order valence-electron chi connectivity index (χ1n) is 6.37. The van der Waals surface area contributed by atoms with E-state index in [1.54, 1.807) is 0 Å². The summed E-state index contributed by atoms with van der Waals surface area (Å²) in [4.78, 5) is 0. The molecule has 0 aliphatic carbocycles. The highest BCUT2D eigenvalue weighted by atomic mass is 19.1. The van der Waals surface area contributed by atoms with Crippen LogP contribution in [0.25, 0.3) is 0 Å². The second-order valence-electron chi connectivity index (χ2n) is 7.25.